The van der Waals surface area contributed by atoms with E-state index < -0.39 is 6.17 Å². The van der Waals surface area contributed by atoms with E-state index in [4.69, 9.17) is 0 Å². The van der Waals surface area contributed by atoms with Gasteiger partial charge in [0.1, 0.15) is 12.0 Å². The molecule has 0 aliphatic carbocycles. The van der Waals surface area contributed by atoms with Gasteiger partial charge in [0, 0.05) is 11.5 Å². The van der Waals surface area contributed by atoms with Crippen molar-refractivity contribution in [2.45, 2.75) is 51.1 Å². The first-order chi connectivity index (χ1) is 16.6. The van der Waals surface area contributed by atoms with Crippen LogP contribution < -0.4 is 0 Å². The summed E-state index contributed by atoms with van der Waals surface area (Å²) in [6.45, 7) is 5.86. The Bertz CT molecular complexity index is 1240. The van der Waals surface area contributed by atoms with Crippen LogP contribution in [0.4, 0.5) is 8.78 Å². The van der Waals surface area contributed by atoms with Crippen LogP contribution in [0.25, 0.3) is 21.9 Å². The molecule has 0 amide bonds. The Balaban J connectivity index is 1.61. The maximum atomic E-state index is 15.9. The zero-order valence-corrected chi connectivity index (χ0v) is 19.8. The highest BCUT2D eigenvalue weighted by molar-refractivity contribution is 5.83. The lowest BCUT2D eigenvalue weighted by atomic mass is 9.85. The summed E-state index contributed by atoms with van der Waals surface area (Å²) in [6.07, 6.45) is 5.11. The Labute approximate surface area is 202 Å². The lowest BCUT2D eigenvalue weighted by Gasteiger charge is -2.23. The molecule has 0 aliphatic rings. The monoisotopic (exact) mass is 454 g/mol. The second-order valence-electron chi connectivity index (χ2n) is 9.02. The van der Waals surface area contributed by atoms with Crippen molar-refractivity contribution in [3.05, 3.63) is 120 Å². The first-order valence-electron chi connectivity index (χ1n) is 12.2. The van der Waals surface area contributed by atoms with Crippen molar-refractivity contribution in [1.82, 2.24) is 0 Å². The van der Waals surface area contributed by atoms with Gasteiger partial charge in [-0.3, -0.25) is 0 Å². The van der Waals surface area contributed by atoms with Gasteiger partial charge < -0.3 is 0 Å². The molecule has 0 spiro atoms. The molecule has 4 aromatic carbocycles. The minimum Gasteiger partial charge on any atom is -0.242 e. The number of hydrogen-bond acceptors (Lipinski definition) is 0. The molecule has 0 radical (unpaired) electrons. The van der Waals surface area contributed by atoms with Crippen LogP contribution in [0.5, 0.6) is 0 Å². The lowest BCUT2D eigenvalue weighted by Crippen LogP contribution is -2.08. The molecule has 0 nitrogen and oxygen atoms in total. The van der Waals surface area contributed by atoms with E-state index in [1.165, 1.54) is 11.6 Å². The number of alkyl halides is 1. The van der Waals surface area contributed by atoms with Gasteiger partial charge in [-0.25, -0.2) is 8.78 Å². The van der Waals surface area contributed by atoms with Gasteiger partial charge in [-0.15, -0.1) is 6.58 Å². The summed E-state index contributed by atoms with van der Waals surface area (Å²) < 4.78 is 31.2. The summed E-state index contributed by atoms with van der Waals surface area (Å²) in [5, 5.41) is 2.12. The third kappa shape index (κ3) is 5.44. The van der Waals surface area contributed by atoms with Gasteiger partial charge >= 0.3 is 0 Å². The van der Waals surface area contributed by atoms with Gasteiger partial charge in [0.05, 0.1) is 0 Å². The van der Waals surface area contributed by atoms with Crippen LogP contribution in [0.1, 0.15) is 61.4 Å². The fraction of sp³-hybridized carbons (Fsp3) is 0.250. The molecule has 2 atom stereocenters. The Kier molecular flexibility index (Phi) is 7.90. The topological polar surface area (TPSA) is 0 Å². The van der Waals surface area contributed by atoms with Gasteiger partial charge in [-0.1, -0.05) is 98.6 Å². The first kappa shape index (κ1) is 23.9. The van der Waals surface area contributed by atoms with Gasteiger partial charge in [0.15, 0.2) is 0 Å². The molecular formula is C32H32F2. The fourth-order valence-electron chi connectivity index (χ4n) is 4.63. The normalized spacial score (nSPS) is 13.0. The minimum absolute atomic E-state index is 0.302. The zero-order chi connectivity index (χ0) is 23.9. The second kappa shape index (κ2) is 11.2. The van der Waals surface area contributed by atoms with Crippen molar-refractivity contribution in [3.63, 3.8) is 0 Å². The van der Waals surface area contributed by atoms with Crippen LogP contribution in [0, 0.1) is 5.82 Å². The smallest absolute Gasteiger partial charge is 0.132 e. The van der Waals surface area contributed by atoms with E-state index in [-0.39, 0.29) is 11.7 Å². The Morgan fingerprint density at radius 1 is 0.853 bits per heavy atom. The molecule has 0 saturated carbocycles. The van der Waals surface area contributed by atoms with Gasteiger partial charge in [0.2, 0.25) is 0 Å². The maximum absolute atomic E-state index is 15.9. The Morgan fingerprint density at radius 3 is 2.29 bits per heavy atom. The van der Waals surface area contributed by atoms with Crippen LogP contribution in [0.15, 0.2) is 97.6 Å². The standard InChI is InChI=1S/C32H32F2/c1-3-5-9-23-13-15-25(16-14-23)29-20-19-27(22-31(29)33)30(12-6-4-2)32(34)28-18-17-24-10-7-8-11-26(24)21-28/h3,7-8,10-11,13-22,30,32H,1,4-6,9,12H2,2H3. The predicted octanol–water partition coefficient (Wildman–Crippen LogP) is 9.75. The van der Waals surface area contributed by atoms with Gasteiger partial charge in [-0.05, 0) is 64.4 Å². The largest absolute Gasteiger partial charge is 0.242 e. The van der Waals surface area contributed by atoms with Crippen molar-refractivity contribution in [2.75, 3.05) is 0 Å². The second-order valence-corrected chi connectivity index (χ2v) is 9.02. The Morgan fingerprint density at radius 2 is 1.59 bits per heavy atom. The minimum atomic E-state index is -1.19. The molecule has 174 valence electrons. The first-order valence-corrected chi connectivity index (χ1v) is 12.2. The number of aryl methyl sites for hydroxylation is 1. The van der Waals surface area contributed by atoms with Crippen LogP contribution in [-0.4, -0.2) is 0 Å². The van der Waals surface area contributed by atoms with Crippen molar-refractivity contribution < 1.29 is 8.78 Å². The highest BCUT2D eigenvalue weighted by atomic mass is 19.1. The lowest BCUT2D eigenvalue weighted by molar-refractivity contribution is 0.274. The molecule has 4 aromatic rings. The third-order valence-corrected chi connectivity index (χ3v) is 6.64. The average Bonchev–Trinajstić information content (AvgIpc) is 2.87. The maximum Gasteiger partial charge on any atom is 0.132 e. The molecular weight excluding hydrogens is 422 g/mol. The number of unbranched alkanes of at least 4 members (excludes halogenated alkanes) is 1. The molecule has 2 unspecified atom stereocenters. The molecule has 4 rings (SSSR count). The summed E-state index contributed by atoms with van der Waals surface area (Å²) in [6, 6.07) is 27.0. The van der Waals surface area contributed by atoms with E-state index in [1.807, 2.05) is 78.9 Å². The number of allylic oxidation sites excluding steroid dienone is 1. The summed E-state index contributed by atoms with van der Waals surface area (Å²) in [7, 11) is 0. The number of halogens is 2. The summed E-state index contributed by atoms with van der Waals surface area (Å²) >= 11 is 0. The van der Waals surface area contributed by atoms with Gasteiger partial charge in [-0.2, -0.15) is 0 Å². The molecule has 0 heterocycles. The molecule has 0 bridgehead atoms. The van der Waals surface area contributed by atoms with Crippen LogP contribution >= 0.6 is 0 Å². The molecule has 0 aliphatic heterocycles. The van der Waals surface area contributed by atoms with Crippen molar-refractivity contribution in [2.24, 2.45) is 0 Å². The number of hydrogen-bond donors (Lipinski definition) is 0. The highest BCUT2D eigenvalue weighted by Gasteiger charge is 2.25. The fourth-order valence-corrected chi connectivity index (χ4v) is 4.63. The van der Waals surface area contributed by atoms with Crippen molar-refractivity contribution in [3.8, 4) is 11.1 Å². The Hall–Kier alpha value is -3.26. The van der Waals surface area contributed by atoms with Crippen LogP contribution in [-0.2, 0) is 6.42 Å². The van der Waals surface area contributed by atoms with Crippen LogP contribution in [0.3, 0.4) is 0 Å². The van der Waals surface area contributed by atoms with Gasteiger partial charge in [0.25, 0.3) is 0 Å². The number of fused-ring (bicyclic) bond motifs is 1. The summed E-state index contributed by atoms with van der Waals surface area (Å²) in [4.78, 5) is 0. The van der Waals surface area contributed by atoms with Crippen molar-refractivity contribution >= 4 is 10.8 Å². The molecule has 0 fully saturated rings. The molecule has 2 heteroatoms. The molecule has 34 heavy (non-hydrogen) atoms. The summed E-state index contributed by atoms with van der Waals surface area (Å²) in [5.41, 5.74) is 3.96. The van der Waals surface area contributed by atoms with E-state index in [9.17, 15) is 0 Å². The van der Waals surface area contributed by atoms with E-state index >= 15 is 8.78 Å². The van der Waals surface area contributed by atoms with Crippen molar-refractivity contribution in [1.29, 1.82) is 0 Å². The molecule has 0 N–H and O–H groups in total. The summed E-state index contributed by atoms with van der Waals surface area (Å²) in [5.74, 6) is -0.686. The van der Waals surface area contributed by atoms with E-state index in [1.54, 1.807) is 6.07 Å². The van der Waals surface area contributed by atoms with E-state index in [0.29, 0.717) is 17.5 Å². The molecule has 0 saturated heterocycles. The molecule has 0 aromatic heterocycles. The highest BCUT2D eigenvalue weighted by Crippen LogP contribution is 2.40. The quantitative estimate of drug-likeness (QED) is 0.209. The number of benzene rings is 4. The average molecular weight is 455 g/mol. The van der Waals surface area contributed by atoms with E-state index in [2.05, 4.69) is 13.5 Å². The van der Waals surface area contributed by atoms with Crippen LogP contribution in [0.2, 0.25) is 0 Å². The third-order valence-electron chi connectivity index (χ3n) is 6.64. The predicted molar refractivity (Wildman–Crippen MR) is 140 cm³/mol. The van der Waals surface area contributed by atoms with E-state index in [0.717, 1.165) is 47.6 Å². The zero-order valence-electron chi connectivity index (χ0n) is 19.8. The number of rotatable bonds is 10. The SMILES string of the molecule is C=CCCc1ccc(-c2ccc(C(CCCC)C(F)c3ccc4ccccc4c3)cc2F)cc1.